The van der Waals surface area contributed by atoms with Gasteiger partial charge in [0.1, 0.15) is 0 Å². The summed E-state index contributed by atoms with van der Waals surface area (Å²) in [4.78, 5) is 28.8. The van der Waals surface area contributed by atoms with Crippen molar-refractivity contribution in [3.05, 3.63) is 65.7 Å². The van der Waals surface area contributed by atoms with Gasteiger partial charge in [0.2, 0.25) is 0 Å². The van der Waals surface area contributed by atoms with Crippen molar-refractivity contribution in [2.24, 2.45) is 0 Å². The molecule has 3 atom stereocenters. The van der Waals surface area contributed by atoms with Crippen molar-refractivity contribution in [3.8, 4) is 0 Å². The largest absolute Gasteiger partial charge is 0.478 e. The van der Waals surface area contributed by atoms with Crippen LogP contribution in [0.2, 0.25) is 0 Å². The first kappa shape index (κ1) is 24.9. The Morgan fingerprint density at radius 3 is 2.26 bits per heavy atom. The smallest absolute Gasteiger partial charge is 0.328 e. The Kier molecular flexibility index (Phi) is 8.03. The highest BCUT2D eigenvalue weighted by molar-refractivity contribution is 7.99. The third-order valence-electron chi connectivity index (χ3n) is 6.87. The Balaban J connectivity index is 0.000000297. The Morgan fingerprint density at radius 2 is 1.65 bits per heavy atom. The summed E-state index contributed by atoms with van der Waals surface area (Å²) >= 11 is 3.82. The summed E-state index contributed by atoms with van der Waals surface area (Å²) in [5, 5.41) is 15.6. The maximum atomic E-state index is 9.55. The zero-order valence-electron chi connectivity index (χ0n) is 19.4. The topological polar surface area (TPSA) is 81.1 Å². The van der Waals surface area contributed by atoms with Crippen LogP contribution in [0.1, 0.15) is 30.0 Å². The third-order valence-corrected chi connectivity index (χ3v) is 8.80. The van der Waals surface area contributed by atoms with Gasteiger partial charge in [-0.05, 0) is 68.0 Å². The van der Waals surface area contributed by atoms with Gasteiger partial charge < -0.3 is 10.2 Å². The molecular weight excluding hydrogens is 468 g/mol. The zero-order chi connectivity index (χ0) is 24.2. The maximum absolute atomic E-state index is 9.55. The second kappa shape index (κ2) is 11.0. The summed E-state index contributed by atoms with van der Waals surface area (Å²) in [6.07, 6.45) is 7.17. The predicted molar refractivity (Wildman–Crippen MR) is 136 cm³/mol. The number of likely N-dealkylation sites (N-methyl/N-ethyl adjacent to an activating group) is 1. The Morgan fingerprint density at radius 1 is 1.00 bits per heavy atom. The second-order valence-corrected chi connectivity index (χ2v) is 10.8. The zero-order valence-corrected chi connectivity index (χ0v) is 21.0. The van der Waals surface area contributed by atoms with Crippen LogP contribution in [-0.2, 0) is 16.0 Å². The molecule has 0 aliphatic carbocycles. The molecule has 0 amide bonds. The van der Waals surface area contributed by atoms with E-state index in [2.05, 4.69) is 65.6 Å². The number of hydrogen-bond acceptors (Lipinski definition) is 6. The van der Waals surface area contributed by atoms with Gasteiger partial charge >= 0.3 is 11.9 Å². The van der Waals surface area contributed by atoms with E-state index in [1.165, 1.54) is 46.2 Å². The van der Waals surface area contributed by atoms with Gasteiger partial charge in [-0.25, -0.2) is 9.59 Å². The number of fused-ring (bicyclic) bond motifs is 4. The van der Waals surface area contributed by atoms with E-state index in [1.54, 1.807) is 5.56 Å². The molecule has 6 nitrogen and oxygen atoms in total. The highest BCUT2D eigenvalue weighted by Crippen LogP contribution is 2.45. The molecule has 180 valence electrons. The van der Waals surface area contributed by atoms with E-state index < -0.39 is 11.9 Å². The van der Waals surface area contributed by atoms with Crippen molar-refractivity contribution in [3.63, 3.8) is 0 Å². The van der Waals surface area contributed by atoms with Gasteiger partial charge in [0, 0.05) is 58.1 Å². The number of nitrogens with zero attached hydrogens (tertiary/aromatic N) is 2. The van der Waals surface area contributed by atoms with Crippen molar-refractivity contribution in [1.82, 2.24) is 9.80 Å². The second-order valence-electron chi connectivity index (χ2n) is 8.85. The number of piperazine rings is 1. The summed E-state index contributed by atoms with van der Waals surface area (Å²) in [5.41, 5.74) is 3.05. The predicted octanol–water partition coefficient (Wildman–Crippen LogP) is 4.65. The van der Waals surface area contributed by atoms with Crippen LogP contribution >= 0.6 is 23.5 Å². The minimum atomic E-state index is -1.26. The molecule has 3 heterocycles. The van der Waals surface area contributed by atoms with E-state index in [-0.39, 0.29) is 0 Å². The van der Waals surface area contributed by atoms with E-state index in [9.17, 15) is 9.59 Å². The lowest BCUT2D eigenvalue weighted by atomic mass is 9.96. The fourth-order valence-corrected chi connectivity index (χ4v) is 6.65. The number of rotatable bonds is 4. The molecule has 2 bridgehead atoms. The minimum Gasteiger partial charge on any atom is -0.478 e. The van der Waals surface area contributed by atoms with Crippen LogP contribution in [-0.4, -0.2) is 70.4 Å². The Hall–Kier alpha value is -2.26. The molecule has 0 radical (unpaired) electrons. The van der Waals surface area contributed by atoms with Gasteiger partial charge in [-0.15, -0.1) is 11.8 Å². The lowest BCUT2D eigenvalue weighted by Crippen LogP contribution is -2.53. The average molecular weight is 499 g/mol. The van der Waals surface area contributed by atoms with Gasteiger partial charge in [0.05, 0.1) is 0 Å². The van der Waals surface area contributed by atoms with Crippen molar-refractivity contribution >= 4 is 35.5 Å². The number of hydrogen-bond donors (Lipinski definition) is 2. The Bertz CT molecular complexity index is 1060. The van der Waals surface area contributed by atoms with Gasteiger partial charge in [-0.2, -0.15) is 0 Å². The number of benzene rings is 2. The van der Waals surface area contributed by atoms with Crippen molar-refractivity contribution in [2.75, 3.05) is 26.4 Å². The number of carboxylic acids is 2. The quantitative estimate of drug-likeness (QED) is 0.466. The van der Waals surface area contributed by atoms with Gasteiger partial charge in [-0.1, -0.05) is 30.0 Å². The molecule has 0 saturated carbocycles. The van der Waals surface area contributed by atoms with E-state index >= 15 is 0 Å². The molecule has 0 aromatic heterocycles. The molecule has 2 saturated heterocycles. The van der Waals surface area contributed by atoms with E-state index in [0.29, 0.717) is 18.2 Å². The van der Waals surface area contributed by atoms with Crippen LogP contribution in [0.15, 0.2) is 69.3 Å². The van der Waals surface area contributed by atoms with Crippen LogP contribution in [0.4, 0.5) is 0 Å². The van der Waals surface area contributed by atoms with Gasteiger partial charge in [-0.3, -0.25) is 9.80 Å². The summed E-state index contributed by atoms with van der Waals surface area (Å²) in [6.45, 7) is 2.43. The summed E-state index contributed by atoms with van der Waals surface area (Å²) in [6, 6.07) is 18.1. The molecule has 2 N–H and O–H groups in total. The monoisotopic (exact) mass is 498 g/mol. The number of aliphatic carboxylic acids is 2. The van der Waals surface area contributed by atoms with Crippen LogP contribution < -0.4 is 0 Å². The van der Waals surface area contributed by atoms with Crippen LogP contribution in [0.3, 0.4) is 0 Å². The molecule has 3 aliphatic heterocycles. The first-order chi connectivity index (χ1) is 16.4. The first-order valence-electron chi connectivity index (χ1n) is 11.4. The van der Waals surface area contributed by atoms with E-state index in [0.717, 1.165) is 18.5 Å². The van der Waals surface area contributed by atoms with E-state index in [1.807, 2.05) is 23.5 Å². The molecule has 3 aliphatic rings. The number of thioether (sulfide) groups is 1. The van der Waals surface area contributed by atoms with Crippen molar-refractivity contribution < 1.29 is 19.8 Å². The lowest BCUT2D eigenvalue weighted by Gasteiger charge is -2.43. The molecular formula is C26H30N2O4S2. The van der Waals surface area contributed by atoms with Gasteiger partial charge in [0.15, 0.2) is 0 Å². The van der Waals surface area contributed by atoms with Crippen LogP contribution in [0.5, 0.6) is 0 Å². The minimum absolute atomic E-state index is 0.505. The molecule has 2 aromatic rings. The fourth-order valence-electron chi connectivity index (χ4n) is 5.08. The maximum Gasteiger partial charge on any atom is 0.328 e. The molecule has 5 rings (SSSR count). The number of carboxylic acid groups (broad SMARTS) is 2. The molecule has 2 aromatic carbocycles. The highest BCUT2D eigenvalue weighted by Gasteiger charge is 2.40. The SMILES string of the molecule is CSc1ccc2c(c1)C(N1CC3CCC(C1)N3C)Cc1ccccc1S2.O=C(O)/C=C/C(=O)O. The van der Waals surface area contributed by atoms with E-state index in [4.69, 9.17) is 10.2 Å². The third kappa shape index (κ3) is 5.68. The first-order valence-corrected chi connectivity index (χ1v) is 13.4. The van der Waals surface area contributed by atoms with Gasteiger partial charge in [0.25, 0.3) is 0 Å². The average Bonchev–Trinajstić information content (AvgIpc) is 2.99. The molecule has 2 fully saturated rings. The van der Waals surface area contributed by atoms with Crippen molar-refractivity contribution in [1.29, 1.82) is 0 Å². The van der Waals surface area contributed by atoms with Crippen LogP contribution in [0.25, 0.3) is 0 Å². The molecule has 0 spiro atoms. The summed E-state index contributed by atoms with van der Waals surface area (Å²) < 4.78 is 0. The normalized spacial score (nSPS) is 24.0. The Labute approximate surface area is 209 Å². The highest BCUT2D eigenvalue weighted by atomic mass is 32.2. The summed E-state index contributed by atoms with van der Waals surface area (Å²) in [5.74, 6) is -2.51. The standard InChI is InChI=1S/C22H26N2S2.C4H4O4/c1-23-16-7-8-17(23)14-24(13-16)20-11-15-5-3-4-6-21(15)26-22-10-9-18(25-2)12-19(20)22;5-3(6)1-2-4(7)8/h3-6,9-10,12,16-17,20H,7-8,11,13-14H2,1-2H3;1-2H,(H,5,6)(H,7,8)/b;2-1+. The lowest BCUT2D eigenvalue weighted by molar-refractivity contribution is -0.134. The number of carbonyl (C=O) groups is 2. The van der Waals surface area contributed by atoms with Crippen molar-refractivity contribution in [2.45, 2.75) is 52.1 Å². The molecule has 3 unspecified atom stereocenters. The summed E-state index contributed by atoms with van der Waals surface area (Å²) in [7, 11) is 2.33. The fraction of sp³-hybridized carbons (Fsp3) is 0.385. The molecule has 8 heteroatoms. The van der Waals surface area contributed by atoms with Crippen LogP contribution in [0, 0.1) is 0 Å². The number of likely N-dealkylation sites (tertiary alicyclic amines) is 1. The molecule has 34 heavy (non-hydrogen) atoms.